The van der Waals surface area contributed by atoms with Gasteiger partial charge in [0, 0.05) is 6.42 Å². The molecule has 0 spiro atoms. The Morgan fingerprint density at radius 3 is 1.14 bits per heavy atom. The van der Waals surface area contributed by atoms with E-state index in [2.05, 4.69) is 32.0 Å². The molecular weight excluding hydrogens is 538 g/mol. The molecule has 0 unspecified atom stereocenters. The first kappa shape index (κ1) is 43.2. The second kappa shape index (κ2) is 38.4. The maximum atomic E-state index is 11.7. The van der Waals surface area contributed by atoms with Gasteiger partial charge in [-0.25, -0.2) is 4.79 Å². The van der Waals surface area contributed by atoms with E-state index >= 15 is 0 Å². The van der Waals surface area contributed by atoms with Crippen LogP contribution in [0.4, 0.5) is 0 Å². The molecule has 0 aliphatic rings. The van der Waals surface area contributed by atoms with Gasteiger partial charge in [0.05, 0.1) is 6.10 Å². The van der Waals surface area contributed by atoms with Crippen LogP contribution < -0.4 is 5.32 Å². The van der Waals surface area contributed by atoms with Gasteiger partial charge in [0.1, 0.15) is 0 Å². The lowest BCUT2D eigenvalue weighted by atomic mass is 10.0. The summed E-state index contributed by atoms with van der Waals surface area (Å²) in [6.07, 6.45) is 43.5. The van der Waals surface area contributed by atoms with Crippen molar-refractivity contribution >= 4 is 5.94 Å². The first-order valence-corrected chi connectivity index (χ1v) is 20.4. The van der Waals surface area contributed by atoms with Gasteiger partial charge in [-0.05, 0) is 58.0 Å². The van der Waals surface area contributed by atoms with Gasteiger partial charge in [0.25, 0.3) is 0 Å². The Bertz CT molecular complexity index is 569. The van der Waals surface area contributed by atoms with E-state index in [0.717, 1.165) is 32.2 Å². The molecule has 1 N–H and O–H groups in total. The average Bonchev–Trinajstić information content (AvgIpc) is 3.04. The van der Waals surface area contributed by atoms with Gasteiger partial charge in [0.2, 0.25) is 0 Å². The zero-order valence-corrected chi connectivity index (χ0v) is 30.6. The molecule has 0 aromatic carbocycles. The van der Waals surface area contributed by atoms with Crippen LogP contribution in [0.5, 0.6) is 0 Å². The van der Waals surface area contributed by atoms with Crippen LogP contribution in [0.3, 0.4) is 0 Å². The number of hydrogen-bond acceptors (Lipinski definition) is 3. The molecule has 0 atom stereocenters. The molecule has 0 aliphatic carbocycles. The highest BCUT2D eigenvalue weighted by molar-refractivity contribution is 5.49. The number of carbonyl (C=O) groups excluding carboxylic acids is 1. The Balaban J connectivity index is 3.76. The van der Waals surface area contributed by atoms with E-state index in [1.54, 1.807) is 0 Å². The lowest BCUT2D eigenvalue weighted by Crippen LogP contribution is -2.16. The molecule has 3 heteroatoms. The fourth-order valence-corrected chi connectivity index (χ4v) is 6.36. The third kappa shape index (κ3) is 34.1. The van der Waals surface area contributed by atoms with Crippen molar-refractivity contribution in [3.05, 3.63) is 5.76 Å². The summed E-state index contributed by atoms with van der Waals surface area (Å²) in [6.45, 7) is 9.18. The van der Waals surface area contributed by atoms with Crippen LogP contribution in [0.25, 0.3) is 0 Å². The fraction of sp³-hybridized carbons (Fsp3) is 0.951. The minimum Gasteiger partial charge on any atom is -0.483 e. The lowest BCUT2D eigenvalue weighted by Gasteiger charge is -2.20. The summed E-state index contributed by atoms with van der Waals surface area (Å²) in [5, 5.41) is 3.65. The van der Waals surface area contributed by atoms with Crippen molar-refractivity contribution in [1.82, 2.24) is 5.32 Å². The normalized spacial score (nSPS) is 11.4. The Morgan fingerprint density at radius 2 is 0.773 bits per heavy atom. The molecule has 0 rings (SSSR count). The number of rotatable bonds is 38. The fourth-order valence-electron chi connectivity index (χ4n) is 6.36. The van der Waals surface area contributed by atoms with Gasteiger partial charge in [-0.3, -0.25) is 0 Å². The van der Waals surface area contributed by atoms with E-state index in [9.17, 15) is 4.79 Å². The minimum atomic E-state index is 0.213. The molecule has 0 bridgehead atoms. The third-order valence-corrected chi connectivity index (χ3v) is 9.40. The summed E-state index contributed by atoms with van der Waals surface area (Å²) < 4.78 is 6.28. The molecule has 3 nitrogen and oxygen atoms in total. The summed E-state index contributed by atoms with van der Waals surface area (Å²) in [7, 11) is 0. The van der Waals surface area contributed by atoms with Crippen LogP contribution in [0.15, 0.2) is 5.76 Å². The second-order valence-corrected chi connectivity index (χ2v) is 13.9. The molecule has 0 saturated heterocycles. The van der Waals surface area contributed by atoms with Crippen LogP contribution in [0.1, 0.15) is 233 Å². The standard InChI is InChI=1S/C41H81NO2/c1-4-7-10-13-16-17-18-19-20-21-22-27-32-37-42-38-33-28-23-26-31-36-41(39-43)44-40(34-29-24-14-11-8-5-2)35-30-25-15-12-9-6-3/h40,42H,4-38H2,1-3H3. The van der Waals surface area contributed by atoms with Gasteiger partial charge in [-0.15, -0.1) is 0 Å². The Kier molecular flexibility index (Phi) is 37.7. The highest BCUT2D eigenvalue weighted by Gasteiger charge is 2.13. The number of allylic oxidation sites excluding steroid dienone is 1. The zero-order chi connectivity index (χ0) is 32.0. The molecule has 44 heavy (non-hydrogen) atoms. The smallest absolute Gasteiger partial charge is 0.179 e. The van der Waals surface area contributed by atoms with Crippen LogP contribution >= 0.6 is 0 Å². The average molecular weight is 620 g/mol. The van der Waals surface area contributed by atoms with E-state index in [0.29, 0.717) is 5.76 Å². The maximum absolute atomic E-state index is 11.7. The van der Waals surface area contributed by atoms with Crippen molar-refractivity contribution in [2.75, 3.05) is 13.1 Å². The third-order valence-electron chi connectivity index (χ3n) is 9.40. The molecule has 0 saturated carbocycles. The van der Waals surface area contributed by atoms with Crippen molar-refractivity contribution in [2.45, 2.75) is 239 Å². The van der Waals surface area contributed by atoms with Gasteiger partial charge in [0.15, 0.2) is 11.7 Å². The number of unbranched alkanes of at least 4 members (excludes halogenated alkanes) is 26. The topological polar surface area (TPSA) is 38.3 Å². The summed E-state index contributed by atoms with van der Waals surface area (Å²) >= 11 is 0. The lowest BCUT2D eigenvalue weighted by molar-refractivity contribution is 0.0910. The van der Waals surface area contributed by atoms with E-state index in [1.165, 1.54) is 193 Å². The molecule has 0 aromatic rings. The van der Waals surface area contributed by atoms with Gasteiger partial charge in [-0.2, -0.15) is 0 Å². The molecule has 262 valence electrons. The van der Waals surface area contributed by atoms with Crippen LogP contribution in [-0.2, 0) is 9.53 Å². The molecule has 0 fully saturated rings. The Hall–Kier alpha value is -0.790. The van der Waals surface area contributed by atoms with Gasteiger partial charge in [-0.1, -0.05) is 181 Å². The molecule has 0 heterocycles. The Labute approximate surface area is 277 Å². The van der Waals surface area contributed by atoms with Crippen LogP contribution in [-0.4, -0.2) is 25.1 Å². The molecule has 0 radical (unpaired) electrons. The van der Waals surface area contributed by atoms with Crippen molar-refractivity contribution in [2.24, 2.45) is 0 Å². The van der Waals surface area contributed by atoms with Crippen molar-refractivity contribution < 1.29 is 9.53 Å². The number of hydrogen-bond donors (Lipinski definition) is 1. The van der Waals surface area contributed by atoms with E-state index in [4.69, 9.17) is 4.74 Å². The molecular formula is C41H81NO2. The zero-order valence-electron chi connectivity index (χ0n) is 30.6. The summed E-state index contributed by atoms with van der Waals surface area (Å²) in [6, 6.07) is 0. The van der Waals surface area contributed by atoms with Gasteiger partial charge < -0.3 is 10.1 Å². The second-order valence-electron chi connectivity index (χ2n) is 13.9. The number of ether oxygens (including phenoxy) is 1. The summed E-state index contributed by atoms with van der Waals surface area (Å²) in [5.74, 6) is 2.76. The van der Waals surface area contributed by atoms with E-state index in [-0.39, 0.29) is 6.10 Å². The summed E-state index contributed by atoms with van der Waals surface area (Å²) in [4.78, 5) is 11.7. The van der Waals surface area contributed by atoms with E-state index < -0.39 is 0 Å². The quantitative estimate of drug-likeness (QED) is 0.0424. The highest BCUT2D eigenvalue weighted by atomic mass is 16.5. The largest absolute Gasteiger partial charge is 0.483 e. The van der Waals surface area contributed by atoms with Crippen LogP contribution in [0, 0.1) is 0 Å². The van der Waals surface area contributed by atoms with Gasteiger partial charge >= 0.3 is 0 Å². The van der Waals surface area contributed by atoms with Crippen LogP contribution in [0.2, 0.25) is 0 Å². The van der Waals surface area contributed by atoms with E-state index in [1.807, 2.05) is 0 Å². The molecule has 0 aromatic heterocycles. The minimum absolute atomic E-state index is 0.213. The number of nitrogens with one attached hydrogen (secondary N) is 1. The SMILES string of the molecule is CCCCCCCCCCCCCCCNCCCCCCCC(=C=O)OC(CCCCCCCC)CCCCCCCC. The predicted molar refractivity (Wildman–Crippen MR) is 196 cm³/mol. The van der Waals surface area contributed by atoms with Crippen molar-refractivity contribution in [3.63, 3.8) is 0 Å². The Morgan fingerprint density at radius 1 is 0.455 bits per heavy atom. The molecule has 0 aliphatic heterocycles. The highest BCUT2D eigenvalue weighted by Crippen LogP contribution is 2.21. The van der Waals surface area contributed by atoms with Crippen molar-refractivity contribution in [1.29, 1.82) is 0 Å². The first-order valence-electron chi connectivity index (χ1n) is 20.4. The monoisotopic (exact) mass is 620 g/mol. The summed E-state index contributed by atoms with van der Waals surface area (Å²) in [5.41, 5.74) is 0. The maximum Gasteiger partial charge on any atom is 0.179 e. The first-order chi connectivity index (χ1) is 21.8. The van der Waals surface area contributed by atoms with Crippen molar-refractivity contribution in [3.8, 4) is 0 Å². The predicted octanol–water partition coefficient (Wildman–Crippen LogP) is 13.6. The molecule has 0 amide bonds.